The fourth-order valence-corrected chi connectivity index (χ4v) is 2.61. The summed E-state index contributed by atoms with van der Waals surface area (Å²) >= 11 is 5.17. The van der Waals surface area contributed by atoms with Crippen LogP contribution in [-0.4, -0.2) is 23.3 Å². The molecule has 3 aromatic rings. The van der Waals surface area contributed by atoms with Gasteiger partial charge in [0.25, 0.3) is 11.8 Å². The molecule has 0 aliphatic heterocycles. The van der Waals surface area contributed by atoms with Crippen molar-refractivity contribution in [1.82, 2.24) is 10.6 Å². The zero-order valence-corrected chi connectivity index (χ0v) is 16.1. The summed E-state index contributed by atoms with van der Waals surface area (Å²) in [6.07, 6.45) is 1.35. The molecule has 0 heterocycles. The van der Waals surface area contributed by atoms with E-state index in [0.29, 0.717) is 22.5 Å². The van der Waals surface area contributed by atoms with Crippen LogP contribution < -0.4 is 16.0 Å². The number of carbonyl (C=O) groups is 2. The lowest BCUT2D eigenvalue weighted by Crippen LogP contribution is -2.34. The Labute approximate surface area is 173 Å². The smallest absolute Gasteiger partial charge is 0.257 e. The molecule has 29 heavy (non-hydrogen) atoms. The van der Waals surface area contributed by atoms with Crippen LogP contribution in [0.4, 0.5) is 11.4 Å². The zero-order chi connectivity index (χ0) is 20.5. The maximum absolute atomic E-state index is 12.1. The first-order valence-electron chi connectivity index (χ1n) is 8.78. The monoisotopic (exact) mass is 402 g/mol. The fourth-order valence-electron chi connectivity index (χ4n) is 2.40. The van der Waals surface area contributed by atoms with Gasteiger partial charge in [0.15, 0.2) is 5.11 Å². The number of rotatable bonds is 5. The molecule has 0 aliphatic rings. The van der Waals surface area contributed by atoms with E-state index in [9.17, 15) is 9.59 Å². The summed E-state index contributed by atoms with van der Waals surface area (Å²) in [4.78, 5) is 28.2. The molecule has 6 nitrogen and oxygen atoms in total. The largest absolute Gasteiger partial charge is 0.332 e. The summed E-state index contributed by atoms with van der Waals surface area (Å²) in [7, 11) is 0. The molecule has 0 spiro atoms. The molecule has 144 valence electrons. The Balaban J connectivity index is 1.50. The molecule has 0 aromatic heterocycles. The van der Waals surface area contributed by atoms with E-state index >= 15 is 0 Å². The molecule has 0 radical (unpaired) electrons. The summed E-state index contributed by atoms with van der Waals surface area (Å²) in [6.45, 7) is 0. The van der Waals surface area contributed by atoms with Gasteiger partial charge in [-0.25, -0.2) is 4.99 Å². The number of thiocarbonyl (C=S) groups is 1. The summed E-state index contributed by atoms with van der Waals surface area (Å²) in [5, 5.41) is 8.39. The van der Waals surface area contributed by atoms with Crippen LogP contribution in [0.15, 0.2) is 89.9 Å². The molecule has 0 fully saturated rings. The van der Waals surface area contributed by atoms with E-state index < -0.39 is 0 Å². The molecule has 7 heteroatoms. The zero-order valence-electron chi connectivity index (χ0n) is 15.3. The molecule has 0 bridgehead atoms. The average Bonchev–Trinajstić information content (AvgIpc) is 2.76. The van der Waals surface area contributed by atoms with Crippen molar-refractivity contribution in [3.8, 4) is 0 Å². The van der Waals surface area contributed by atoms with E-state index in [1.165, 1.54) is 6.34 Å². The predicted octanol–water partition coefficient (Wildman–Crippen LogP) is 3.90. The first-order valence-corrected chi connectivity index (χ1v) is 9.18. The summed E-state index contributed by atoms with van der Waals surface area (Å²) < 4.78 is 0. The Morgan fingerprint density at radius 2 is 1.31 bits per heavy atom. The minimum atomic E-state index is -0.279. The SMILES string of the molecule is O=C(NC=Nc1ccc(NC(=S)NC(=O)c2ccccc2)cc1)c1ccccc1. The molecule has 0 atom stereocenters. The van der Waals surface area contributed by atoms with Gasteiger partial charge in [-0.3, -0.25) is 14.9 Å². The van der Waals surface area contributed by atoms with Crippen LogP contribution in [0.1, 0.15) is 20.7 Å². The molecule has 0 saturated carbocycles. The first-order chi connectivity index (χ1) is 14.1. The van der Waals surface area contributed by atoms with Gasteiger partial charge in [0.1, 0.15) is 0 Å². The Morgan fingerprint density at radius 3 is 1.90 bits per heavy atom. The highest BCUT2D eigenvalue weighted by Crippen LogP contribution is 2.15. The van der Waals surface area contributed by atoms with Crippen LogP contribution in [0.25, 0.3) is 0 Å². The molecular formula is C22H18N4O2S. The highest BCUT2D eigenvalue weighted by molar-refractivity contribution is 7.80. The maximum atomic E-state index is 12.1. The molecule has 0 unspecified atom stereocenters. The molecule has 0 saturated heterocycles. The third-order valence-corrected chi connectivity index (χ3v) is 4.04. The van der Waals surface area contributed by atoms with Crippen molar-refractivity contribution in [2.24, 2.45) is 4.99 Å². The van der Waals surface area contributed by atoms with Gasteiger partial charge in [-0.2, -0.15) is 0 Å². The van der Waals surface area contributed by atoms with Gasteiger partial charge in [0.2, 0.25) is 0 Å². The number of anilines is 1. The molecule has 3 rings (SSSR count). The maximum Gasteiger partial charge on any atom is 0.257 e. The van der Waals surface area contributed by atoms with Gasteiger partial charge in [0, 0.05) is 16.8 Å². The van der Waals surface area contributed by atoms with Crippen LogP contribution in [0, 0.1) is 0 Å². The molecule has 2 amide bonds. The Kier molecular flexibility index (Phi) is 6.80. The Morgan fingerprint density at radius 1 is 0.759 bits per heavy atom. The molecular weight excluding hydrogens is 384 g/mol. The fraction of sp³-hybridized carbons (Fsp3) is 0. The number of nitrogens with zero attached hydrogens (tertiary/aromatic N) is 1. The van der Waals surface area contributed by atoms with Crippen LogP contribution in [0.3, 0.4) is 0 Å². The molecule has 3 N–H and O–H groups in total. The lowest BCUT2D eigenvalue weighted by atomic mass is 10.2. The van der Waals surface area contributed by atoms with Gasteiger partial charge in [-0.15, -0.1) is 0 Å². The number of hydrogen-bond acceptors (Lipinski definition) is 4. The van der Waals surface area contributed by atoms with Gasteiger partial charge in [-0.05, 0) is 60.7 Å². The first kappa shape index (κ1) is 19.9. The lowest BCUT2D eigenvalue weighted by Gasteiger charge is -2.09. The topological polar surface area (TPSA) is 82.6 Å². The van der Waals surface area contributed by atoms with E-state index in [1.807, 2.05) is 12.1 Å². The summed E-state index contributed by atoms with van der Waals surface area (Å²) in [5.41, 5.74) is 2.45. The van der Waals surface area contributed by atoms with E-state index in [1.54, 1.807) is 72.8 Å². The quantitative estimate of drug-likeness (QED) is 0.343. The number of nitrogens with one attached hydrogen (secondary N) is 3. The van der Waals surface area contributed by atoms with Crippen LogP contribution in [0.2, 0.25) is 0 Å². The van der Waals surface area contributed by atoms with Crippen molar-refractivity contribution in [1.29, 1.82) is 0 Å². The van der Waals surface area contributed by atoms with Crippen LogP contribution in [-0.2, 0) is 0 Å². The minimum absolute atomic E-state index is 0.199. The summed E-state index contributed by atoms with van der Waals surface area (Å²) in [5.74, 6) is -0.509. The van der Waals surface area contributed by atoms with E-state index in [-0.39, 0.29) is 16.9 Å². The highest BCUT2D eigenvalue weighted by Gasteiger charge is 2.07. The third-order valence-electron chi connectivity index (χ3n) is 3.83. The van der Waals surface area contributed by atoms with Crippen molar-refractivity contribution in [2.75, 3.05) is 5.32 Å². The van der Waals surface area contributed by atoms with Crippen molar-refractivity contribution < 1.29 is 9.59 Å². The third kappa shape index (κ3) is 6.08. The van der Waals surface area contributed by atoms with Crippen molar-refractivity contribution in [2.45, 2.75) is 0 Å². The van der Waals surface area contributed by atoms with E-state index in [2.05, 4.69) is 20.9 Å². The van der Waals surface area contributed by atoms with Gasteiger partial charge in [-0.1, -0.05) is 36.4 Å². The second kappa shape index (κ2) is 9.91. The second-order valence-electron chi connectivity index (χ2n) is 5.92. The number of aliphatic imine (C=N–C) groups is 1. The van der Waals surface area contributed by atoms with Crippen LogP contribution >= 0.6 is 12.2 Å². The highest BCUT2D eigenvalue weighted by atomic mass is 32.1. The molecule has 0 aliphatic carbocycles. The molecule has 3 aromatic carbocycles. The Hall–Kier alpha value is -3.84. The second-order valence-corrected chi connectivity index (χ2v) is 6.33. The van der Waals surface area contributed by atoms with Gasteiger partial charge < -0.3 is 10.6 Å². The minimum Gasteiger partial charge on any atom is -0.332 e. The van der Waals surface area contributed by atoms with Crippen molar-refractivity contribution >= 4 is 46.9 Å². The summed E-state index contributed by atoms with van der Waals surface area (Å²) in [6, 6.07) is 24.8. The number of carbonyl (C=O) groups excluding carboxylic acids is 2. The van der Waals surface area contributed by atoms with Crippen molar-refractivity contribution in [3.05, 3.63) is 96.1 Å². The van der Waals surface area contributed by atoms with Gasteiger partial charge in [0.05, 0.1) is 12.0 Å². The number of benzene rings is 3. The lowest BCUT2D eigenvalue weighted by molar-refractivity contribution is 0.0969. The number of hydrogen-bond donors (Lipinski definition) is 3. The average molecular weight is 402 g/mol. The number of amides is 2. The van der Waals surface area contributed by atoms with E-state index in [0.717, 1.165) is 0 Å². The Bertz CT molecular complexity index is 1020. The van der Waals surface area contributed by atoms with Crippen LogP contribution in [0.5, 0.6) is 0 Å². The standard InChI is InChI=1S/C22H18N4O2S/c27-20(16-7-3-1-4-8-16)24-15-23-18-11-13-19(14-12-18)25-22(29)26-21(28)17-9-5-2-6-10-17/h1-15H,(H,23,24,27)(H2,25,26,28,29). The predicted molar refractivity (Wildman–Crippen MR) is 119 cm³/mol. The van der Waals surface area contributed by atoms with Gasteiger partial charge >= 0.3 is 0 Å². The van der Waals surface area contributed by atoms with E-state index in [4.69, 9.17) is 12.2 Å². The normalized spacial score (nSPS) is 10.3. The van der Waals surface area contributed by atoms with Crippen molar-refractivity contribution in [3.63, 3.8) is 0 Å².